The first-order valence-corrected chi connectivity index (χ1v) is 5.61. The average molecular weight is 246 g/mol. The molecular formula is C13H14N2O3. The molecule has 5 heteroatoms. The largest absolute Gasteiger partial charge is 0.508 e. The van der Waals surface area contributed by atoms with Crippen molar-refractivity contribution < 1.29 is 15.0 Å². The molecule has 94 valence electrons. The fourth-order valence-electron chi connectivity index (χ4n) is 1.72. The van der Waals surface area contributed by atoms with Gasteiger partial charge >= 0.3 is 0 Å². The van der Waals surface area contributed by atoms with Crippen molar-refractivity contribution in [3.63, 3.8) is 0 Å². The summed E-state index contributed by atoms with van der Waals surface area (Å²) in [6, 6.07) is 6.56. The van der Waals surface area contributed by atoms with E-state index in [0.717, 1.165) is 5.56 Å². The van der Waals surface area contributed by atoms with Crippen molar-refractivity contribution >= 4 is 17.7 Å². The normalized spacial score (nSPS) is 17.4. The van der Waals surface area contributed by atoms with E-state index in [2.05, 4.69) is 5.10 Å². The number of phenols is 1. The van der Waals surface area contributed by atoms with Crippen molar-refractivity contribution in [1.29, 1.82) is 0 Å². The number of nitrogens with zero attached hydrogens (tertiary/aromatic N) is 2. The molecule has 0 bridgehead atoms. The van der Waals surface area contributed by atoms with Crippen LogP contribution in [0, 0.1) is 0 Å². The molecule has 0 aliphatic carbocycles. The number of carbonyl (C=O) groups excluding carboxylic acids is 1. The van der Waals surface area contributed by atoms with Crippen molar-refractivity contribution in [2.75, 3.05) is 13.2 Å². The van der Waals surface area contributed by atoms with Crippen molar-refractivity contribution in [3.05, 3.63) is 35.4 Å². The van der Waals surface area contributed by atoms with E-state index in [-0.39, 0.29) is 24.8 Å². The molecule has 2 rings (SSSR count). The second-order valence-corrected chi connectivity index (χ2v) is 3.99. The lowest BCUT2D eigenvalue weighted by Gasteiger charge is -2.08. The number of amides is 1. The second kappa shape index (κ2) is 5.01. The summed E-state index contributed by atoms with van der Waals surface area (Å²) in [6.45, 7) is 1.83. The fourth-order valence-corrected chi connectivity index (χ4v) is 1.72. The van der Waals surface area contributed by atoms with Crippen LogP contribution in [0.3, 0.4) is 0 Å². The lowest BCUT2D eigenvalue weighted by molar-refractivity contribution is -0.126. The number of hydrogen-bond acceptors (Lipinski definition) is 4. The number of aliphatic hydroxyl groups excluding tert-OH is 1. The molecule has 0 saturated carbocycles. The lowest BCUT2D eigenvalue weighted by Crippen LogP contribution is -2.25. The van der Waals surface area contributed by atoms with Gasteiger partial charge in [-0.2, -0.15) is 5.10 Å². The average Bonchev–Trinajstić information content (AvgIpc) is 2.60. The Bertz CT molecular complexity index is 518. The first-order chi connectivity index (χ1) is 8.61. The summed E-state index contributed by atoms with van der Waals surface area (Å²) in [7, 11) is 0. The van der Waals surface area contributed by atoms with Gasteiger partial charge in [-0.15, -0.1) is 0 Å². The van der Waals surface area contributed by atoms with E-state index in [4.69, 9.17) is 5.11 Å². The Balaban J connectivity index is 2.26. The number of aliphatic hydroxyl groups is 1. The number of β-amino-alcohol motifs (C(OH)–C–C–N with tert-alkyl or cyclic N) is 1. The topological polar surface area (TPSA) is 73.1 Å². The number of aromatic hydroxyl groups is 1. The van der Waals surface area contributed by atoms with Gasteiger partial charge in [0.1, 0.15) is 5.75 Å². The second-order valence-electron chi connectivity index (χ2n) is 3.99. The Morgan fingerprint density at radius 3 is 2.61 bits per heavy atom. The molecule has 1 heterocycles. The highest BCUT2D eigenvalue weighted by Crippen LogP contribution is 2.19. The maximum Gasteiger partial charge on any atom is 0.275 e. The van der Waals surface area contributed by atoms with Gasteiger partial charge in [-0.25, -0.2) is 5.01 Å². The van der Waals surface area contributed by atoms with Crippen molar-refractivity contribution in [3.8, 4) is 5.75 Å². The Kier molecular flexibility index (Phi) is 3.43. The van der Waals surface area contributed by atoms with Crippen LogP contribution in [0.15, 0.2) is 34.9 Å². The van der Waals surface area contributed by atoms with Crippen molar-refractivity contribution in [2.24, 2.45) is 5.10 Å². The van der Waals surface area contributed by atoms with Crippen LogP contribution < -0.4 is 0 Å². The van der Waals surface area contributed by atoms with E-state index in [1.807, 2.05) is 0 Å². The van der Waals surface area contributed by atoms with E-state index in [0.29, 0.717) is 11.3 Å². The molecule has 0 atom stereocenters. The third-order valence-electron chi connectivity index (χ3n) is 2.64. The quantitative estimate of drug-likeness (QED) is 0.781. The highest BCUT2D eigenvalue weighted by molar-refractivity contribution is 6.26. The summed E-state index contributed by atoms with van der Waals surface area (Å²) in [5, 5.41) is 23.3. The molecule has 1 amide bonds. The first-order valence-electron chi connectivity index (χ1n) is 5.61. The minimum atomic E-state index is -0.213. The van der Waals surface area contributed by atoms with Crippen LogP contribution in [-0.2, 0) is 4.79 Å². The standard InChI is InChI=1S/C13H14N2O3/c1-9-12(13(18)15(14-9)6-7-16)8-10-2-4-11(17)5-3-10/h2-5,8,16-17H,6-7H2,1H3. The monoisotopic (exact) mass is 246 g/mol. The predicted molar refractivity (Wildman–Crippen MR) is 68.0 cm³/mol. The predicted octanol–water partition coefficient (Wildman–Crippen LogP) is 0.986. The maximum atomic E-state index is 12.0. The summed E-state index contributed by atoms with van der Waals surface area (Å²) in [5.74, 6) is -0.0307. The molecule has 0 aromatic heterocycles. The summed E-state index contributed by atoms with van der Waals surface area (Å²) in [5.41, 5.74) is 1.95. The Morgan fingerprint density at radius 1 is 1.33 bits per heavy atom. The molecule has 5 nitrogen and oxygen atoms in total. The van der Waals surface area contributed by atoms with Crippen LogP contribution in [0.5, 0.6) is 5.75 Å². The minimum Gasteiger partial charge on any atom is -0.508 e. The SMILES string of the molecule is CC1=NN(CCO)C(=O)C1=Cc1ccc(O)cc1. The fraction of sp³-hybridized carbons (Fsp3) is 0.231. The molecular weight excluding hydrogens is 232 g/mol. The van der Waals surface area contributed by atoms with E-state index >= 15 is 0 Å². The number of phenolic OH excluding ortho intramolecular Hbond substituents is 1. The van der Waals surface area contributed by atoms with Gasteiger partial charge in [0.05, 0.1) is 24.4 Å². The molecule has 2 N–H and O–H groups in total. The van der Waals surface area contributed by atoms with Crippen LogP contribution in [0.25, 0.3) is 6.08 Å². The zero-order chi connectivity index (χ0) is 13.1. The molecule has 0 unspecified atom stereocenters. The van der Waals surface area contributed by atoms with Gasteiger partial charge in [-0.3, -0.25) is 4.79 Å². The highest BCUT2D eigenvalue weighted by Gasteiger charge is 2.26. The molecule has 0 fully saturated rings. The zero-order valence-corrected chi connectivity index (χ0v) is 10.00. The van der Waals surface area contributed by atoms with E-state index in [1.54, 1.807) is 37.3 Å². The van der Waals surface area contributed by atoms with Gasteiger partial charge in [-0.1, -0.05) is 12.1 Å². The molecule has 0 radical (unpaired) electrons. The van der Waals surface area contributed by atoms with Crippen molar-refractivity contribution in [1.82, 2.24) is 5.01 Å². The molecule has 0 saturated heterocycles. The van der Waals surface area contributed by atoms with Crippen LogP contribution in [-0.4, -0.2) is 40.0 Å². The molecule has 1 aromatic carbocycles. The number of benzene rings is 1. The third-order valence-corrected chi connectivity index (χ3v) is 2.64. The van der Waals surface area contributed by atoms with Crippen LogP contribution >= 0.6 is 0 Å². The summed E-state index contributed by atoms with van der Waals surface area (Å²) in [4.78, 5) is 12.0. The first kappa shape index (κ1) is 12.3. The van der Waals surface area contributed by atoms with Gasteiger partial charge in [0.25, 0.3) is 5.91 Å². The molecule has 1 aromatic rings. The van der Waals surface area contributed by atoms with Crippen LogP contribution in [0.2, 0.25) is 0 Å². The number of carbonyl (C=O) groups is 1. The maximum absolute atomic E-state index is 12.0. The number of rotatable bonds is 3. The van der Waals surface area contributed by atoms with Crippen molar-refractivity contribution in [2.45, 2.75) is 6.92 Å². The van der Waals surface area contributed by atoms with Gasteiger partial charge in [0.15, 0.2) is 0 Å². The zero-order valence-electron chi connectivity index (χ0n) is 10.00. The van der Waals surface area contributed by atoms with Crippen LogP contribution in [0.1, 0.15) is 12.5 Å². The minimum absolute atomic E-state index is 0.116. The molecule has 0 spiro atoms. The Morgan fingerprint density at radius 2 is 2.00 bits per heavy atom. The Labute approximate surface area is 105 Å². The molecule has 18 heavy (non-hydrogen) atoms. The Hall–Kier alpha value is -2.14. The molecule has 1 aliphatic rings. The van der Waals surface area contributed by atoms with E-state index in [9.17, 15) is 9.90 Å². The number of hydrazone groups is 1. The summed E-state index contributed by atoms with van der Waals surface area (Å²) < 4.78 is 0. The highest BCUT2D eigenvalue weighted by atomic mass is 16.3. The van der Waals surface area contributed by atoms with Gasteiger partial charge in [-0.05, 0) is 30.7 Å². The summed E-state index contributed by atoms with van der Waals surface area (Å²) in [6.07, 6.45) is 1.72. The molecule has 1 aliphatic heterocycles. The van der Waals surface area contributed by atoms with Gasteiger partial charge < -0.3 is 10.2 Å². The number of hydrogen-bond donors (Lipinski definition) is 2. The smallest absolute Gasteiger partial charge is 0.275 e. The van der Waals surface area contributed by atoms with Gasteiger partial charge in [0, 0.05) is 0 Å². The van der Waals surface area contributed by atoms with E-state index < -0.39 is 0 Å². The lowest BCUT2D eigenvalue weighted by atomic mass is 10.1. The van der Waals surface area contributed by atoms with E-state index in [1.165, 1.54) is 5.01 Å². The summed E-state index contributed by atoms with van der Waals surface area (Å²) >= 11 is 0. The van der Waals surface area contributed by atoms with Crippen LogP contribution in [0.4, 0.5) is 0 Å². The van der Waals surface area contributed by atoms with Gasteiger partial charge in [0.2, 0.25) is 0 Å². The third kappa shape index (κ3) is 2.41.